The minimum absolute atomic E-state index is 0.178. The number of benzene rings is 2. The van der Waals surface area contributed by atoms with Gasteiger partial charge in [0.25, 0.3) is 5.65 Å². The van der Waals surface area contributed by atoms with Crippen LogP contribution in [0.5, 0.6) is 0 Å². The Kier molecular flexibility index (Phi) is 7.53. The number of fused-ring (bicyclic) bond motifs is 1. The summed E-state index contributed by atoms with van der Waals surface area (Å²) >= 11 is 0. The van der Waals surface area contributed by atoms with E-state index in [2.05, 4.69) is 74.3 Å². The van der Waals surface area contributed by atoms with E-state index in [0.717, 1.165) is 22.6 Å². The highest BCUT2D eigenvalue weighted by molar-refractivity contribution is 7.85. The van der Waals surface area contributed by atoms with Crippen LogP contribution >= 0.6 is 0 Å². The van der Waals surface area contributed by atoms with Gasteiger partial charge in [0.1, 0.15) is 22.1 Å². The van der Waals surface area contributed by atoms with E-state index in [1.165, 1.54) is 23.4 Å². The normalized spacial score (nSPS) is 11.3. The van der Waals surface area contributed by atoms with E-state index in [1.807, 2.05) is 37.3 Å². The van der Waals surface area contributed by atoms with E-state index in [4.69, 9.17) is 0 Å². The molecule has 1 N–H and O–H groups in total. The largest absolute Gasteiger partial charge is 0.744 e. The van der Waals surface area contributed by atoms with Crippen molar-refractivity contribution in [2.75, 3.05) is 5.43 Å². The lowest BCUT2D eigenvalue weighted by molar-refractivity contribution is -0.510. The highest BCUT2D eigenvalue weighted by Crippen LogP contribution is 2.19. The number of hydrogen-bond acceptors (Lipinski definition) is 6. The van der Waals surface area contributed by atoms with Crippen LogP contribution in [0.3, 0.4) is 0 Å². The first-order valence-electron chi connectivity index (χ1n) is 11.1. The number of aromatic nitrogens is 3. The second kappa shape index (κ2) is 10.9. The number of hydrogen-bond donors (Lipinski definition) is 1. The first kappa shape index (κ1) is 24.8. The van der Waals surface area contributed by atoms with Crippen LogP contribution in [0.1, 0.15) is 11.1 Å². The van der Waals surface area contributed by atoms with Crippen LogP contribution in [-0.2, 0) is 17.2 Å². The molecule has 0 bridgehead atoms. The van der Waals surface area contributed by atoms with Crippen LogP contribution in [0.4, 0.5) is 5.82 Å². The number of pyridine rings is 2. The quantitative estimate of drug-likeness (QED) is 0.169. The Morgan fingerprint density at radius 1 is 0.972 bits per heavy atom. The summed E-state index contributed by atoms with van der Waals surface area (Å²) in [6.45, 7) is 1.82. The van der Waals surface area contributed by atoms with E-state index >= 15 is 0 Å². The van der Waals surface area contributed by atoms with Crippen molar-refractivity contribution in [3.63, 3.8) is 0 Å². The zero-order valence-corrected chi connectivity index (χ0v) is 20.6. The van der Waals surface area contributed by atoms with Gasteiger partial charge in [0, 0.05) is 17.8 Å². The van der Waals surface area contributed by atoms with Crippen LogP contribution in [0, 0.1) is 6.92 Å². The van der Waals surface area contributed by atoms with Crippen molar-refractivity contribution in [3.05, 3.63) is 115 Å². The van der Waals surface area contributed by atoms with Gasteiger partial charge in [0.05, 0.1) is 24.4 Å². The molecule has 0 fully saturated rings. The van der Waals surface area contributed by atoms with Gasteiger partial charge < -0.3 is 4.55 Å². The molecule has 0 amide bonds. The van der Waals surface area contributed by atoms with Crippen LogP contribution in [-0.4, -0.2) is 28.7 Å². The molecule has 0 radical (unpaired) electrons. The van der Waals surface area contributed by atoms with Gasteiger partial charge in [-0.2, -0.15) is 5.10 Å². The van der Waals surface area contributed by atoms with Gasteiger partial charge in [0.15, 0.2) is 5.69 Å². The van der Waals surface area contributed by atoms with Crippen molar-refractivity contribution in [2.45, 2.75) is 11.8 Å². The van der Waals surface area contributed by atoms with Crippen LogP contribution in [0.25, 0.3) is 16.9 Å². The Hall–Kier alpha value is -4.34. The number of hydrazone groups is 1. The molecule has 0 aliphatic carbocycles. The maximum absolute atomic E-state index is 10.4. The average molecular weight is 500 g/mol. The third-order valence-electron chi connectivity index (χ3n) is 5.41. The molecule has 0 aliphatic rings. The monoisotopic (exact) mass is 499 g/mol. The summed E-state index contributed by atoms with van der Waals surface area (Å²) in [5.41, 5.74) is 8.36. The molecular weight excluding hydrogens is 474 g/mol. The van der Waals surface area contributed by atoms with E-state index in [0.29, 0.717) is 0 Å². The summed E-state index contributed by atoms with van der Waals surface area (Å²) in [6, 6.07) is 26.0. The SMILES string of the molecule is Cc1ccc(S(=O)(=O)[O-])cc1.Cn1c(-c2ccc(C=NNc3ccccn3)cc2)c[n+]2ccccc12. The van der Waals surface area contributed by atoms with Crippen molar-refractivity contribution in [3.8, 4) is 11.3 Å². The fraction of sp³-hybridized carbons (Fsp3) is 0.0741. The number of nitrogens with one attached hydrogen (secondary N) is 1. The number of rotatable bonds is 5. The predicted molar refractivity (Wildman–Crippen MR) is 139 cm³/mol. The van der Waals surface area contributed by atoms with Crippen molar-refractivity contribution in [1.82, 2.24) is 9.55 Å². The van der Waals surface area contributed by atoms with Crippen molar-refractivity contribution >= 4 is 27.8 Å². The third-order valence-corrected chi connectivity index (χ3v) is 6.26. The molecule has 0 atom stereocenters. The summed E-state index contributed by atoms with van der Waals surface area (Å²) in [5, 5.41) is 4.22. The molecule has 0 aliphatic heterocycles. The molecule has 5 aromatic rings. The van der Waals surface area contributed by atoms with Gasteiger partial charge in [-0.15, -0.1) is 0 Å². The van der Waals surface area contributed by atoms with Crippen LogP contribution < -0.4 is 9.83 Å². The van der Waals surface area contributed by atoms with Gasteiger partial charge in [-0.1, -0.05) is 42.0 Å². The molecular formula is C27H25N5O3S. The van der Waals surface area contributed by atoms with Gasteiger partial charge >= 0.3 is 0 Å². The minimum Gasteiger partial charge on any atom is -0.744 e. The Balaban J connectivity index is 0.000000233. The minimum atomic E-state index is -4.27. The molecule has 0 saturated carbocycles. The fourth-order valence-electron chi connectivity index (χ4n) is 3.50. The molecule has 8 nitrogen and oxygen atoms in total. The van der Waals surface area contributed by atoms with E-state index < -0.39 is 10.1 Å². The van der Waals surface area contributed by atoms with Gasteiger partial charge in [-0.25, -0.2) is 22.4 Å². The highest BCUT2D eigenvalue weighted by atomic mass is 32.2. The smallest absolute Gasteiger partial charge is 0.286 e. The zero-order chi connectivity index (χ0) is 25.5. The van der Waals surface area contributed by atoms with Crippen molar-refractivity contribution < 1.29 is 17.4 Å². The van der Waals surface area contributed by atoms with Gasteiger partial charge in [0.2, 0.25) is 0 Å². The Labute approximate surface area is 210 Å². The zero-order valence-electron chi connectivity index (χ0n) is 19.8. The summed E-state index contributed by atoms with van der Waals surface area (Å²) in [6.07, 6.45) is 7.72. The number of aryl methyl sites for hydroxylation is 2. The Morgan fingerprint density at radius 2 is 1.69 bits per heavy atom. The number of anilines is 1. The first-order chi connectivity index (χ1) is 17.3. The maximum atomic E-state index is 10.4. The second-order valence-corrected chi connectivity index (χ2v) is 9.39. The third kappa shape index (κ3) is 6.21. The van der Waals surface area contributed by atoms with E-state index in [-0.39, 0.29) is 4.90 Å². The summed E-state index contributed by atoms with van der Waals surface area (Å²) in [7, 11) is -2.19. The molecule has 36 heavy (non-hydrogen) atoms. The lowest BCUT2D eigenvalue weighted by Gasteiger charge is -2.05. The van der Waals surface area contributed by atoms with Gasteiger partial charge in [-0.05, 0) is 55.0 Å². The van der Waals surface area contributed by atoms with Crippen molar-refractivity contribution in [1.29, 1.82) is 0 Å². The van der Waals surface area contributed by atoms with Gasteiger partial charge in [-0.3, -0.25) is 5.43 Å². The molecule has 2 aromatic carbocycles. The van der Waals surface area contributed by atoms with Crippen molar-refractivity contribution in [2.24, 2.45) is 12.1 Å². The Bertz CT molecular complexity index is 1580. The summed E-state index contributed by atoms with van der Waals surface area (Å²) in [4.78, 5) is 3.99. The fourth-order valence-corrected chi connectivity index (χ4v) is 3.97. The molecule has 0 saturated heterocycles. The lowest BCUT2D eigenvalue weighted by atomic mass is 10.1. The standard InChI is InChI=1S/C20H18N5.C7H8O3S/c1-24-18(15-25-13-5-3-7-20(24)25)17-10-8-16(9-11-17)14-22-23-19-6-2-4-12-21-19;1-6-2-4-7(5-3-6)11(8,9)10/h2-15H,1H3,(H,21,23);2-5H,1H3,(H,8,9,10)/q+1;/p-1. The topological polar surface area (TPSA) is 104 Å². The summed E-state index contributed by atoms with van der Waals surface area (Å²) in [5.74, 6) is 0.725. The molecule has 5 rings (SSSR count). The number of nitrogens with zero attached hydrogens (tertiary/aromatic N) is 4. The lowest BCUT2D eigenvalue weighted by Crippen LogP contribution is -2.17. The van der Waals surface area contributed by atoms with Crippen LogP contribution in [0.15, 0.2) is 114 Å². The molecule has 3 aromatic heterocycles. The van der Waals surface area contributed by atoms with E-state index in [9.17, 15) is 13.0 Å². The predicted octanol–water partition coefficient (Wildman–Crippen LogP) is 4.17. The molecule has 182 valence electrons. The average Bonchev–Trinajstić information content (AvgIpc) is 3.22. The number of imidazole rings is 1. The molecule has 0 spiro atoms. The van der Waals surface area contributed by atoms with Crippen LogP contribution in [0.2, 0.25) is 0 Å². The molecule has 3 heterocycles. The van der Waals surface area contributed by atoms with E-state index in [1.54, 1.807) is 24.5 Å². The summed E-state index contributed by atoms with van der Waals surface area (Å²) < 4.78 is 35.5. The highest BCUT2D eigenvalue weighted by Gasteiger charge is 2.14. The maximum Gasteiger partial charge on any atom is 0.286 e. The second-order valence-electron chi connectivity index (χ2n) is 8.01. The molecule has 9 heteroatoms. The Morgan fingerprint density at radius 3 is 2.33 bits per heavy atom. The molecule has 0 unspecified atom stereocenters. The first-order valence-corrected chi connectivity index (χ1v) is 12.5.